The van der Waals surface area contributed by atoms with Crippen LogP contribution >= 0.6 is 0 Å². The molecule has 1 heterocycles. The van der Waals surface area contributed by atoms with Crippen LogP contribution in [0.25, 0.3) is 11.4 Å². The van der Waals surface area contributed by atoms with Crippen LogP contribution in [-0.2, 0) is 17.5 Å². The number of rotatable bonds is 6. The molecule has 2 aliphatic rings. The lowest BCUT2D eigenvalue weighted by molar-refractivity contribution is -0.159. The first kappa shape index (κ1) is 18.0. The second-order valence-corrected chi connectivity index (χ2v) is 7.81. The molecule has 2 aromatic rings. The number of nitrogens with zero attached hydrogens (tertiary/aromatic N) is 3. The Morgan fingerprint density at radius 2 is 1.93 bits per heavy atom. The van der Waals surface area contributed by atoms with Crippen LogP contribution in [0.1, 0.15) is 44.1 Å². The van der Waals surface area contributed by atoms with Crippen molar-refractivity contribution in [2.24, 2.45) is 11.3 Å². The number of aromatic nitrogens is 2. The maximum Gasteiger partial charge on any atom is 0.471 e. The highest BCUT2D eigenvalue weighted by molar-refractivity contribution is 5.85. The summed E-state index contributed by atoms with van der Waals surface area (Å²) in [5.74, 6) is -0.673. The molecular weight excluding hydrogens is 359 g/mol. The van der Waals surface area contributed by atoms with Gasteiger partial charge in [-0.1, -0.05) is 36.3 Å². The van der Waals surface area contributed by atoms with Crippen LogP contribution in [0.4, 0.5) is 13.2 Å². The summed E-state index contributed by atoms with van der Waals surface area (Å²) in [7, 11) is 0. The molecule has 0 spiro atoms. The van der Waals surface area contributed by atoms with Gasteiger partial charge in [0, 0.05) is 24.1 Å². The van der Waals surface area contributed by atoms with Crippen molar-refractivity contribution in [3.05, 3.63) is 35.7 Å². The average Bonchev–Trinajstić information content (AvgIpc) is 3.53. The van der Waals surface area contributed by atoms with E-state index in [-0.39, 0.29) is 17.1 Å². The van der Waals surface area contributed by atoms with Crippen LogP contribution < -0.4 is 0 Å². The van der Waals surface area contributed by atoms with Crippen molar-refractivity contribution in [1.82, 2.24) is 15.0 Å². The van der Waals surface area contributed by atoms with Crippen LogP contribution in [-0.4, -0.2) is 27.5 Å². The molecule has 0 aliphatic heterocycles. The molecule has 1 amide bonds. The van der Waals surface area contributed by atoms with Crippen molar-refractivity contribution >= 4 is 5.91 Å². The van der Waals surface area contributed by atoms with Gasteiger partial charge in [0.15, 0.2) is 0 Å². The molecule has 0 unspecified atom stereocenters. The lowest BCUT2D eigenvalue weighted by atomic mass is 10.1. The number of hydrogen-bond donors (Lipinski definition) is 0. The third kappa shape index (κ3) is 3.99. The molecule has 1 aromatic carbocycles. The van der Waals surface area contributed by atoms with Gasteiger partial charge < -0.3 is 9.42 Å². The molecule has 4 rings (SSSR count). The lowest BCUT2D eigenvalue weighted by Gasteiger charge is -2.26. The summed E-state index contributed by atoms with van der Waals surface area (Å²) in [6, 6.07) is 6.89. The summed E-state index contributed by atoms with van der Waals surface area (Å²) in [6.45, 7) is 3.29. The monoisotopic (exact) mass is 379 g/mol. The third-order valence-electron chi connectivity index (χ3n) is 5.23. The standard InChI is InChI=1S/C19H20F3N3O2/c1-18(8-9-18)17(26)25(10-12-2-3-12)11-13-4-6-14(7-5-13)15-23-16(27-24-15)19(20,21)22/h4-7,12H,2-3,8-11H2,1H3. The zero-order valence-corrected chi connectivity index (χ0v) is 14.9. The molecule has 0 atom stereocenters. The van der Waals surface area contributed by atoms with Crippen LogP contribution in [0.3, 0.4) is 0 Å². The molecule has 0 saturated heterocycles. The number of hydrogen-bond acceptors (Lipinski definition) is 4. The minimum atomic E-state index is -4.66. The minimum absolute atomic E-state index is 0.106. The Bertz CT molecular complexity index is 837. The fourth-order valence-corrected chi connectivity index (χ4v) is 3.05. The molecule has 0 bridgehead atoms. The van der Waals surface area contributed by atoms with Crippen molar-refractivity contribution in [1.29, 1.82) is 0 Å². The summed E-state index contributed by atoms with van der Waals surface area (Å²) >= 11 is 0. The van der Waals surface area contributed by atoms with Crippen LogP contribution in [0.15, 0.2) is 28.8 Å². The summed E-state index contributed by atoms with van der Waals surface area (Å²) in [5.41, 5.74) is 1.15. The maximum absolute atomic E-state index is 12.8. The van der Waals surface area contributed by atoms with E-state index < -0.39 is 12.1 Å². The predicted octanol–water partition coefficient (Wildman–Crippen LogP) is 4.29. The van der Waals surface area contributed by atoms with Crippen LogP contribution in [0.2, 0.25) is 0 Å². The quantitative estimate of drug-likeness (QED) is 0.751. The van der Waals surface area contributed by atoms with E-state index in [2.05, 4.69) is 14.7 Å². The molecule has 0 N–H and O–H groups in total. The number of alkyl halides is 3. The molecular formula is C19H20F3N3O2. The Morgan fingerprint density at radius 3 is 2.44 bits per heavy atom. The zero-order chi connectivity index (χ0) is 19.2. The Kier molecular flexibility index (Phi) is 4.24. The number of halogens is 3. The second-order valence-electron chi connectivity index (χ2n) is 7.81. The van der Waals surface area contributed by atoms with Crippen LogP contribution in [0, 0.1) is 11.3 Å². The first-order valence-electron chi connectivity index (χ1n) is 9.04. The fourth-order valence-electron chi connectivity index (χ4n) is 3.05. The highest BCUT2D eigenvalue weighted by Crippen LogP contribution is 2.47. The molecule has 0 radical (unpaired) electrons. The normalized spacial score (nSPS) is 18.4. The topological polar surface area (TPSA) is 59.2 Å². The molecule has 27 heavy (non-hydrogen) atoms. The summed E-state index contributed by atoms with van der Waals surface area (Å²) in [6.07, 6.45) is -0.456. The lowest BCUT2D eigenvalue weighted by Crippen LogP contribution is -2.37. The fraction of sp³-hybridized carbons (Fsp3) is 0.526. The zero-order valence-electron chi connectivity index (χ0n) is 14.9. The van der Waals surface area contributed by atoms with Gasteiger partial charge in [0.05, 0.1) is 0 Å². The van der Waals surface area contributed by atoms with E-state index >= 15 is 0 Å². The molecule has 2 saturated carbocycles. The van der Waals surface area contributed by atoms with Crippen molar-refractivity contribution in [2.75, 3.05) is 6.54 Å². The van der Waals surface area contributed by atoms with Crippen molar-refractivity contribution in [3.63, 3.8) is 0 Å². The Morgan fingerprint density at radius 1 is 1.26 bits per heavy atom. The van der Waals surface area contributed by atoms with Gasteiger partial charge >= 0.3 is 12.1 Å². The molecule has 8 heteroatoms. The van der Waals surface area contributed by atoms with E-state index in [1.165, 1.54) is 12.8 Å². The van der Waals surface area contributed by atoms with Crippen molar-refractivity contribution in [2.45, 2.75) is 45.3 Å². The van der Waals surface area contributed by atoms with E-state index in [4.69, 9.17) is 0 Å². The molecule has 5 nitrogen and oxygen atoms in total. The van der Waals surface area contributed by atoms with E-state index in [1.807, 2.05) is 11.8 Å². The minimum Gasteiger partial charge on any atom is -0.338 e. The summed E-state index contributed by atoms with van der Waals surface area (Å²) in [4.78, 5) is 18.1. The van der Waals surface area contributed by atoms with Gasteiger partial charge in [-0.2, -0.15) is 18.2 Å². The van der Waals surface area contributed by atoms with Crippen molar-refractivity contribution in [3.8, 4) is 11.4 Å². The molecule has 144 valence electrons. The van der Waals surface area contributed by atoms with Crippen molar-refractivity contribution < 1.29 is 22.5 Å². The van der Waals surface area contributed by atoms with Gasteiger partial charge in [-0.3, -0.25) is 4.79 Å². The summed E-state index contributed by atoms with van der Waals surface area (Å²) < 4.78 is 42.0. The summed E-state index contributed by atoms with van der Waals surface area (Å²) in [5, 5.41) is 3.39. The first-order chi connectivity index (χ1) is 12.7. The van der Waals surface area contributed by atoms with Gasteiger partial charge in [-0.25, -0.2) is 0 Å². The van der Waals surface area contributed by atoms with Gasteiger partial charge in [0.25, 0.3) is 0 Å². The SMILES string of the molecule is CC1(C(=O)N(Cc2ccc(-c3noc(C(F)(F)F)n3)cc2)CC2CC2)CC1. The predicted molar refractivity (Wildman–Crippen MR) is 90.2 cm³/mol. The smallest absolute Gasteiger partial charge is 0.338 e. The maximum atomic E-state index is 12.8. The van der Waals surface area contributed by atoms with Gasteiger partial charge in [0.1, 0.15) is 0 Å². The number of carbonyl (C=O) groups is 1. The van der Waals surface area contributed by atoms with E-state index in [0.29, 0.717) is 18.0 Å². The molecule has 1 aromatic heterocycles. The number of carbonyl (C=O) groups excluding carboxylic acids is 1. The Labute approximate surface area is 154 Å². The third-order valence-corrected chi connectivity index (χ3v) is 5.23. The molecule has 2 fully saturated rings. The Hall–Kier alpha value is -2.38. The number of benzene rings is 1. The highest BCUT2D eigenvalue weighted by atomic mass is 19.4. The van der Waals surface area contributed by atoms with E-state index in [1.54, 1.807) is 24.3 Å². The average molecular weight is 379 g/mol. The van der Waals surface area contributed by atoms with Gasteiger partial charge in [0.2, 0.25) is 11.7 Å². The van der Waals surface area contributed by atoms with E-state index in [9.17, 15) is 18.0 Å². The highest BCUT2D eigenvalue weighted by Gasteiger charge is 2.47. The largest absolute Gasteiger partial charge is 0.471 e. The first-order valence-corrected chi connectivity index (χ1v) is 9.04. The molecule has 2 aliphatic carbocycles. The Balaban J connectivity index is 1.47. The second kappa shape index (κ2) is 6.35. The van der Waals surface area contributed by atoms with Gasteiger partial charge in [-0.05, 0) is 37.2 Å². The number of amides is 1. The van der Waals surface area contributed by atoms with Gasteiger partial charge in [-0.15, -0.1) is 0 Å². The van der Waals surface area contributed by atoms with Crippen LogP contribution in [0.5, 0.6) is 0 Å². The van der Waals surface area contributed by atoms with E-state index in [0.717, 1.165) is 24.9 Å².